The summed E-state index contributed by atoms with van der Waals surface area (Å²) in [6.07, 6.45) is 3.19. The largest absolute Gasteiger partial charge is 0.486 e. The first-order chi connectivity index (χ1) is 19.4. The molecule has 204 valence electrons. The Labute approximate surface area is 231 Å². The van der Waals surface area contributed by atoms with Gasteiger partial charge < -0.3 is 20.1 Å². The van der Waals surface area contributed by atoms with Gasteiger partial charge in [-0.05, 0) is 42.0 Å². The third-order valence-corrected chi connectivity index (χ3v) is 6.12. The lowest BCUT2D eigenvalue weighted by molar-refractivity contribution is -0.384. The van der Waals surface area contributed by atoms with Gasteiger partial charge in [-0.2, -0.15) is 5.10 Å². The number of carbonyl (C=O) groups is 1. The van der Waals surface area contributed by atoms with Crippen LogP contribution >= 0.6 is 11.6 Å². The molecule has 0 aliphatic carbocycles. The van der Waals surface area contributed by atoms with Gasteiger partial charge >= 0.3 is 6.03 Å². The van der Waals surface area contributed by atoms with Crippen molar-refractivity contribution < 1.29 is 23.6 Å². The molecule has 2 heterocycles. The first-order valence-corrected chi connectivity index (χ1v) is 12.3. The lowest BCUT2D eigenvalue weighted by Gasteiger charge is -2.18. The van der Waals surface area contributed by atoms with Crippen LogP contribution in [0, 0.1) is 15.9 Å². The fourth-order valence-corrected chi connectivity index (χ4v) is 4.05. The second kappa shape index (κ2) is 11.9. The lowest BCUT2D eigenvalue weighted by Crippen LogP contribution is -2.25. The van der Waals surface area contributed by atoms with E-state index in [4.69, 9.17) is 21.1 Å². The van der Waals surface area contributed by atoms with Gasteiger partial charge in [0.2, 0.25) is 0 Å². The summed E-state index contributed by atoms with van der Waals surface area (Å²) in [5, 5.41) is 21.0. The predicted molar refractivity (Wildman–Crippen MR) is 147 cm³/mol. The number of hydrazone groups is 1. The minimum absolute atomic E-state index is 0.0499. The van der Waals surface area contributed by atoms with E-state index >= 15 is 0 Å². The van der Waals surface area contributed by atoms with E-state index in [1.165, 1.54) is 55.0 Å². The zero-order chi connectivity index (χ0) is 28.1. The first kappa shape index (κ1) is 26.7. The van der Waals surface area contributed by atoms with Crippen LogP contribution in [0.2, 0.25) is 5.02 Å². The molecule has 12 nitrogen and oxygen atoms in total. The molecule has 1 atom stereocenters. The number of aromatic nitrogens is 2. The Kier molecular flexibility index (Phi) is 7.94. The number of nitro benzene ring substituents is 1. The van der Waals surface area contributed by atoms with E-state index in [2.05, 4.69) is 31.1 Å². The first-order valence-electron chi connectivity index (χ1n) is 12.0. The van der Waals surface area contributed by atoms with E-state index in [1.807, 2.05) is 0 Å². The average molecular weight is 566 g/mol. The number of nitrogens with zero attached hydrogens (tertiary/aromatic N) is 4. The number of non-ortho nitro benzene ring substituents is 1. The maximum atomic E-state index is 13.6. The fraction of sp³-hybridized carbons (Fsp3) is 0.154. The van der Waals surface area contributed by atoms with Crippen molar-refractivity contribution in [2.24, 2.45) is 5.10 Å². The number of fused-ring (bicyclic) bond motifs is 1. The molecule has 5 rings (SSSR count). The summed E-state index contributed by atoms with van der Waals surface area (Å²) in [5.41, 5.74) is 4.20. The van der Waals surface area contributed by atoms with Gasteiger partial charge in [0.1, 0.15) is 29.8 Å². The van der Waals surface area contributed by atoms with Gasteiger partial charge in [-0.15, -0.1) is 0 Å². The average Bonchev–Trinajstić information content (AvgIpc) is 3.45. The van der Waals surface area contributed by atoms with Gasteiger partial charge in [0.15, 0.2) is 0 Å². The van der Waals surface area contributed by atoms with Gasteiger partial charge in [0.25, 0.3) is 5.69 Å². The molecule has 1 saturated heterocycles. The van der Waals surface area contributed by atoms with Gasteiger partial charge in [-0.1, -0.05) is 11.6 Å². The van der Waals surface area contributed by atoms with Gasteiger partial charge in [0.05, 0.1) is 40.6 Å². The highest BCUT2D eigenvalue weighted by molar-refractivity contribution is 6.31. The molecular weight excluding hydrogens is 545 g/mol. The molecule has 0 unspecified atom stereocenters. The number of rotatable bonds is 8. The molecule has 0 saturated carbocycles. The van der Waals surface area contributed by atoms with Gasteiger partial charge in [0, 0.05) is 35.7 Å². The van der Waals surface area contributed by atoms with Gasteiger partial charge in [-0.3, -0.25) is 10.1 Å². The molecule has 3 N–H and O–H groups in total. The van der Waals surface area contributed by atoms with E-state index in [1.54, 1.807) is 12.1 Å². The number of hydrogen-bond donors (Lipinski definition) is 3. The van der Waals surface area contributed by atoms with Crippen LogP contribution in [-0.2, 0) is 4.74 Å². The zero-order valence-corrected chi connectivity index (χ0v) is 21.4. The number of hydrogen-bond acceptors (Lipinski definition) is 9. The maximum absolute atomic E-state index is 13.6. The van der Waals surface area contributed by atoms with Crippen LogP contribution in [-0.4, -0.2) is 46.5 Å². The summed E-state index contributed by atoms with van der Waals surface area (Å²) in [5.74, 6) is 0.209. The van der Waals surface area contributed by atoms with Crippen LogP contribution in [0.4, 0.5) is 32.1 Å². The van der Waals surface area contributed by atoms with Crippen molar-refractivity contribution >= 4 is 57.6 Å². The Morgan fingerprint density at radius 3 is 2.75 bits per heavy atom. The van der Waals surface area contributed by atoms with Crippen LogP contribution in [0.1, 0.15) is 12.0 Å². The molecular formula is C26H21ClFN7O5. The van der Waals surface area contributed by atoms with Crippen LogP contribution in [0.3, 0.4) is 0 Å². The Morgan fingerprint density at radius 2 is 2.02 bits per heavy atom. The summed E-state index contributed by atoms with van der Waals surface area (Å²) < 4.78 is 25.1. The second-order valence-corrected chi connectivity index (χ2v) is 9.03. The zero-order valence-electron chi connectivity index (χ0n) is 20.6. The number of urea groups is 1. The van der Waals surface area contributed by atoms with Crippen LogP contribution in [0.25, 0.3) is 10.9 Å². The molecule has 40 heavy (non-hydrogen) atoms. The van der Waals surface area contributed by atoms with Crippen molar-refractivity contribution in [3.8, 4) is 5.75 Å². The molecule has 1 fully saturated rings. The van der Waals surface area contributed by atoms with E-state index in [0.717, 1.165) is 0 Å². The number of nitrogens with one attached hydrogen (secondary N) is 3. The van der Waals surface area contributed by atoms with E-state index in [-0.39, 0.29) is 16.8 Å². The number of carbonyl (C=O) groups excluding carboxylic acids is 1. The molecule has 1 aromatic heterocycles. The highest BCUT2D eigenvalue weighted by atomic mass is 35.5. The van der Waals surface area contributed by atoms with Crippen molar-refractivity contribution in [2.75, 3.05) is 23.8 Å². The maximum Gasteiger partial charge on any atom is 0.339 e. The van der Waals surface area contributed by atoms with Gasteiger partial charge in [-0.25, -0.2) is 24.6 Å². The molecule has 3 aromatic carbocycles. The predicted octanol–water partition coefficient (Wildman–Crippen LogP) is 5.40. The van der Waals surface area contributed by atoms with Crippen molar-refractivity contribution in [3.63, 3.8) is 0 Å². The minimum atomic E-state index is -0.665. The number of benzene rings is 3. The standard InChI is InChI=1S/C26H21ClFN7O5/c27-20-9-16(3-6-21(20)28)32-25-19-10-23(24(11-22(19)29-14-30-25)40-18-7-8-39-13-18)33-26(36)34-31-12-15-1-4-17(5-2-15)35(37)38/h1-6,9-12,14,18H,7-8,13H2,(H,29,30,32)(H2,33,34,36)/b31-12+/t18-/m0/s1. The Hall–Kier alpha value is -4.88. The summed E-state index contributed by atoms with van der Waals surface area (Å²) >= 11 is 5.92. The Balaban J connectivity index is 1.39. The molecule has 4 aromatic rings. The molecule has 0 radical (unpaired) electrons. The lowest BCUT2D eigenvalue weighted by atomic mass is 10.1. The smallest absolute Gasteiger partial charge is 0.339 e. The number of amides is 2. The number of halogens is 2. The summed E-state index contributed by atoms with van der Waals surface area (Å²) in [4.78, 5) is 31.6. The highest BCUT2D eigenvalue weighted by Gasteiger charge is 2.21. The topological polar surface area (TPSA) is 153 Å². The molecule has 1 aliphatic heterocycles. The SMILES string of the molecule is O=C(N/N=C/c1ccc([N+](=O)[O-])cc1)Nc1cc2c(Nc3ccc(F)c(Cl)c3)ncnc2cc1O[C@H]1CCOC1. The monoisotopic (exact) mass is 565 g/mol. The van der Waals surface area contributed by atoms with Crippen LogP contribution in [0.5, 0.6) is 5.75 Å². The Morgan fingerprint density at radius 1 is 1.20 bits per heavy atom. The molecule has 0 spiro atoms. The normalized spacial score (nSPS) is 14.8. The van der Waals surface area contributed by atoms with E-state index in [9.17, 15) is 19.3 Å². The van der Waals surface area contributed by atoms with Crippen molar-refractivity contribution in [1.29, 1.82) is 0 Å². The van der Waals surface area contributed by atoms with Crippen molar-refractivity contribution in [2.45, 2.75) is 12.5 Å². The minimum Gasteiger partial charge on any atom is -0.486 e. The highest BCUT2D eigenvalue weighted by Crippen LogP contribution is 2.35. The quantitative estimate of drug-likeness (QED) is 0.146. The third-order valence-electron chi connectivity index (χ3n) is 5.83. The number of nitro groups is 1. The summed E-state index contributed by atoms with van der Waals surface area (Å²) in [6.45, 7) is 0.973. The summed E-state index contributed by atoms with van der Waals surface area (Å²) in [7, 11) is 0. The van der Waals surface area contributed by atoms with Crippen LogP contribution < -0.4 is 20.8 Å². The Bertz CT molecular complexity index is 1600. The van der Waals surface area contributed by atoms with Crippen molar-refractivity contribution in [3.05, 3.63) is 87.4 Å². The molecule has 0 bridgehead atoms. The number of anilines is 3. The fourth-order valence-electron chi connectivity index (χ4n) is 3.87. The van der Waals surface area contributed by atoms with Crippen LogP contribution in [0.15, 0.2) is 66.0 Å². The van der Waals surface area contributed by atoms with Crippen molar-refractivity contribution in [1.82, 2.24) is 15.4 Å². The van der Waals surface area contributed by atoms with E-state index < -0.39 is 16.8 Å². The molecule has 2 amide bonds. The second-order valence-electron chi connectivity index (χ2n) is 8.62. The number of ether oxygens (including phenoxy) is 2. The third kappa shape index (κ3) is 6.39. The summed E-state index contributed by atoms with van der Waals surface area (Å²) in [6, 6.07) is 12.5. The molecule has 14 heteroatoms. The molecule has 1 aliphatic rings. The van der Waals surface area contributed by atoms with E-state index in [0.29, 0.717) is 59.0 Å².